The van der Waals surface area contributed by atoms with E-state index in [-0.39, 0.29) is 6.10 Å². The van der Waals surface area contributed by atoms with Gasteiger partial charge in [-0.1, -0.05) is 60.7 Å². The number of aromatic amines is 1. The average Bonchev–Trinajstić information content (AvgIpc) is 3.10. The summed E-state index contributed by atoms with van der Waals surface area (Å²) in [6, 6.07) is 19.9. The topological polar surface area (TPSA) is 67.0 Å². The van der Waals surface area contributed by atoms with E-state index in [1.165, 1.54) is 0 Å². The van der Waals surface area contributed by atoms with Crippen molar-refractivity contribution < 1.29 is 9.53 Å². The zero-order valence-electron chi connectivity index (χ0n) is 14.4. The van der Waals surface area contributed by atoms with Gasteiger partial charge in [-0.2, -0.15) is 5.10 Å². The van der Waals surface area contributed by atoms with Crippen molar-refractivity contribution >= 4 is 6.09 Å². The van der Waals surface area contributed by atoms with E-state index in [1.807, 2.05) is 60.7 Å². The molecule has 0 saturated carbocycles. The number of rotatable bonds is 2. The Morgan fingerprint density at radius 1 is 1.00 bits per heavy atom. The number of alkyl carbamates (subject to hydrolysis) is 1. The number of H-pyrrole nitrogens is 1. The van der Waals surface area contributed by atoms with Gasteiger partial charge >= 0.3 is 6.09 Å². The third-order valence-electron chi connectivity index (χ3n) is 4.72. The molecule has 0 fully saturated rings. The summed E-state index contributed by atoms with van der Waals surface area (Å²) in [5, 5.41) is 10.5. The molecule has 2 N–H and O–H groups in total. The van der Waals surface area contributed by atoms with Crippen LogP contribution in [-0.2, 0) is 17.7 Å². The van der Waals surface area contributed by atoms with Crippen LogP contribution in [0.1, 0.15) is 35.8 Å². The van der Waals surface area contributed by atoms with Crippen molar-refractivity contribution in [3.63, 3.8) is 0 Å². The molecule has 132 valence electrons. The van der Waals surface area contributed by atoms with Crippen LogP contribution in [0.4, 0.5) is 4.79 Å². The van der Waals surface area contributed by atoms with Crippen LogP contribution < -0.4 is 5.32 Å². The highest BCUT2D eigenvalue weighted by Crippen LogP contribution is 2.28. The van der Waals surface area contributed by atoms with E-state index in [4.69, 9.17) is 4.74 Å². The van der Waals surface area contributed by atoms with Crippen molar-refractivity contribution in [1.82, 2.24) is 15.5 Å². The minimum Gasteiger partial charge on any atom is -0.441 e. The highest BCUT2D eigenvalue weighted by molar-refractivity contribution is 5.69. The van der Waals surface area contributed by atoms with Crippen LogP contribution >= 0.6 is 0 Å². The number of ether oxygens (including phenoxy) is 1. The Kier molecular flexibility index (Phi) is 4.69. The molecule has 4 rings (SSSR count). The zero-order chi connectivity index (χ0) is 17.8. The lowest BCUT2D eigenvalue weighted by molar-refractivity contribution is 0.0902. The van der Waals surface area contributed by atoms with E-state index < -0.39 is 6.09 Å². The molecule has 0 bridgehead atoms. The molecule has 1 unspecified atom stereocenters. The van der Waals surface area contributed by atoms with Crippen molar-refractivity contribution in [1.29, 1.82) is 0 Å². The van der Waals surface area contributed by atoms with Crippen molar-refractivity contribution in [3.8, 4) is 11.3 Å². The summed E-state index contributed by atoms with van der Waals surface area (Å²) in [7, 11) is 0. The van der Waals surface area contributed by atoms with Crippen LogP contribution in [0.25, 0.3) is 11.3 Å². The Balaban J connectivity index is 1.59. The lowest BCUT2D eigenvalue weighted by Crippen LogP contribution is -2.27. The Hall–Kier alpha value is -3.08. The van der Waals surface area contributed by atoms with Gasteiger partial charge in [-0.3, -0.25) is 5.10 Å². The van der Waals surface area contributed by atoms with Gasteiger partial charge in [0.2, 0.25) is 0 Å². The summed E-state index contributed by atoms with van der Waals surface area (Å²) in [4.78, 5) is 12.3. The number of hydrogen-bond donors (Lipinski definition) is 2. The van der Waals surface area contributed by atoms with E-state index in [0.29, 0.717) is 6.54 Å². The van der Waals surface area contributed by atoms with Gasteiger partial charge in [0.25, 0.3) is 0 Å². The number of hydrogen-bond acceptors (Lipinski definition) is 3. The fourth-order valence-corrected chi connectivity index (χ4v) is 3.39. The highest BCUT2D eigenvalue weighted by Gasteiger charge is 2.21. The van der Waals surface area contributed by atoms with E-state index >= 15 is 0 Å². The number of nitrogens with zero attached hydrogens (tertiary/aromatic N) is 1. The van der Waals surface area contributed by atoms with Crippen LogP contribution in [0.3, 0.4) is 0 Å². The van der Waals surface area contributed by atoms with Gasteiger partial charge in [-0.25, -0.2) is 4.79 Å². The van der Waals surface area contributed by atoms with Gasteiger partial charge in [0.15, 0.2) is 0 Å². The molecule has 0 saturated heterocycles. The molecule has 1 atom stereocenters. The van der Waals surface area contributed by atoms with Crippen LogP contribution in [0.5, 0.6) is 0 Å². The lowest BCUT2D eigenvalue weighted by Gasteiger charge is -2.20. The second kappa shape index (κ2) is 7.44. The van der Waals surface area contributed by atoms with Crippen molar-refractivity contribution in [2.24, 2.45) is 0 Å². The van der Waals surface area contributed by atoms with Gasteiger partial charge in [0.1, 0.15) is 6.10 Å². The number of aromatic nitrogens is 2. The smallest absolute Gasteiger partial charge is 0.408 e. The Labute approximate surface area is 152 Å². The maximum atomic E-state index is 12.3. The molecule has 0 aliphatic carbocycles. The second-order valence-electron chi connectivity index (χ2n) is 6.45. The van der Waals surface area contributed by atoms with E-state index in [0.717, 1.165) is 47.3 Å². The van der Waals surface area contributed by atoms with E-state index in [9.17, 15) is 4.79 Å². The van der Waals surface area contributed by atoms with Gasteiger partial charge < -0.3 is 10.1 Å². The largest absolute Gasteiger partial charge is 0.441 e. The predicted molar refractivity (Wildman–Crippen MR) is 99.5 cm³/mol. The fraction of sp³-hybridized carbons (Fsp3) is 0.238. The second-order valence-corrected chi connectivity index (χ2v) is 6.45. The minimum atomic E-state index is -0.396. The van der Waals surface area contributed by atoms with Crippen molar-refractivity contribution in [2.75, 3.05) is 0 Å². The van der Waals surface area contributed by atoms with Gasteiger partial charge in [0.05, 0.1) is 12.2 Å². The first kappa shape index (κ1) is 16.4. The Bertz CT molecular complexity index is 875. The molecule has 5 nitrogen and oxygen atoms in total. The molecule has 0 spiro atoms. The lowest BCUT2D eigenvalue weighted by atomic mass is 9.99. The quantitative estimate of drug-likeness (QED) is 0.723. The van der Waals surface area contributed by atoms with E-state index in [1.54, 1.807) is 0 Å². The number of carbonyl (C=O) groups excluding carboxylic acids is 1. The predicted octanol–water partition coefficient (Wildman–Crippen LogP) is 4.38. The average molecular weight is 347 g/mol. The first-order valence-electron chi connectivity index (χ1n) is 8.92. The molecule has 1 aromatic heterocycles. The molecule has 2 aromatic carbocycles. The molecule has 2 heterocycles. The first-order chi connectivity index (χ1) is 12.8. The third-order valence-corrected chi connectivity index (χ3v) is 4.72. The van der Waals surface area contributed by atoms with Crippen LogP contribution in [0.2, 0.25) is 0 Å². The summed E-state index contributed by atoms with van der Waals surface area (Å²) < 4.78 is 5.67. The third kappa shape index (κ3) is 3.47. The van der Waals surface area contributed by atoms with Crippen LogP contribution in [0.15, 0.2) is 60.7 Å². The number of amides is 1. The van der Waals surface area contributed by atoms with Crippen LogP contribution in [-0.4, -0.2) is 16.3 Å². The van der Waals surface area contributed by atoms with Crippen LogP contribution in [0, 0.1) is 0 Å². The molecule has 3 aromatic rings. The Morgan fingerprint density at radius 3 is 2.50 bits per heavy atom. The van der Waals surface area contributed by atoms with E-state index in [2.05, 4.69) is 15.5 Å². The number of aryl methyl sites for hydroxylation is 1. The highest BCUT2D eigenvalue weighted by atomic mass is 16.6. The molecular weight excluding hydrogens is 326 g/mol. The number of fused-ring (bicyclic) bond motifs is 1. The molecular formula is C21H21N3O2. The van der Waals surface area contributed by atoms with Gasteiger partial charge in [-0.15, -0.1) is 0 Å². The Morgan fingerprint density at radius 2 is 1.73 bits per heavy atom. The van der Waals surface area contributed by atoms with Gasteiger partial charge in [0, 0.05) is 16.8 Å². The van der Waals surface area contributed by atoms with Crippen molar-refractivity contribution in [2.45, 2.75) is 31.9 Å². The summed E-state index contributed by atoms with van der Waals surface area (Å²) >= 11 is 0. The molecule has 5 heteroatoms. The van der Waals surface area contributed by atoms with Gasteiger partial charge in [-0.05, 0) is 24.8 Å². The number of carbonyl (C=O) groups is 1. The maximum absolute atomic E-state index is 12.3. The zero-order valence-corrected chi connectivity index (χ0v) is 14.4. The molecule has 0 radical (unpaired) electrons. The number of cyclic esters (lactones) is 1. The summed E-state index contributed by atoms with van der Waals surface area (Å²) in [5.74, 6) is 0. The summed E-state index contributed by atoms with van der Waals surface area (Å²) in [6.45, 7) is 0.399. The standard InChI is InChI=1S/C21H21N3O2/c25-21-22-14-17-18(23-24-20(17)16-10-5-2-6-11-16)12-7-13-19(26-21)15-8-3-1-4-9-15/h1-6,8-11,19H,7,12-14H2,(H,22,25)(H,23,24). The monoisotopic (exact) mass is 347 g/mol. The minimum absolute atomic E-state index is 0.228. The summed E-state index contributed by atoms with van der Waals surface area (Å²) in [6.07, 6.45) is 1.94. The van der Waals surface area contributed by atoms with Crippen molar-refractivity contribution in [3.05, 3.63) is 77.5 Å². The molecule has 1 amide bonds. The maximum Gasteiger partial charge on any atom is 0.408 e. The number of nitrogens with one attached hydrogen (secondary N) is 2. The summed E-state index contributed by atoms with van der Waals surface area (Å²) in [5.41, 5.74) is 5.07. The SMILES string of the molecule is O=C1NCc2c(-c3ccccc3)n[nH]c2CCCC(c2ccccc2)O1. The first-order valence-corrected chi connectivity index (χ1v) is 8.92. The fourth-order valence-electron chi connectivity index (χ4n) is 3.39. The molecule has 1 aliphatic heterocycles. The number of benzene rings is 2. The normalized spacial score (nSPS) is 17.7. The molecule has 1 aliphatic rings. The molecule has 26 heavy (non-hydrogen) atoms.